The van der Waals surface area contributed by atoms with E-state index < -0.39 is 66.6 Å². The Hall–Kier alpha value is -6.16. The maximum absolute atomic E-state index is 14.5. The Morgan fingerprint density at radius 3 is 2.46 bits per heavy atom. The Bertz CT molecular complexity index is 2770. The summed E-state index contributed by atoms with van der Waals surface area (Å²) in [5, 5.41) is 11.9. The molecule has 5 atom stereocenters. The summed E-state index contributed by atoms with van der Waals surface area (Å²) in [4.78, 5) is 108. The number of ether oxygens (including phenoxy) is 1. The third-order valence-corrected chi connectivity index (χ3v) is 15.1. The number of rotatable bonds is 17. The number of aromatic nitrogens is 1. The molecule has 0 radical (unpaired) electrons. The number of para-hydroxylation sites is 1. The van der Waals surface area contributed by atoms with E-state index in [4.69, 9.17) is 22.1 Å². The Labute approximate surface area is 418 Å². The molecule has 9 N–H and O–H groups in total. The summed E-state index contributed by atoms with van der Waals surface area (Å²) in [5.41, 5.74) is 2.91. The fraction of sp³-hybridized carbons (Fsp3) is 0.458. The number of primary amides is 1. The summed E-state index contributed by atoms with van der Waals surface area (Å²) in [5.74, 6) is -2.55. The molecule has 0 saturated carbocycles. The van der Waals surface area contributed by atoms with Crippen molar-refractivity contribution in [3.8, 4) is 5.75 Å². The van der Waals surface area contributed by atoms with Crippen molar-refractivity contribution in [3.05, 3.63) is 88.6 Å². The number of piperidine rings is 1. The number of piperazine rings is 1. The molecular formula is C48H58ClF2N10O10P. The van der Waals surface area contributed by atoms with Gasteiger partial charge in [0, 0.05) is 80.3 Å². The number of aromatic amines is 1. The van der Waals surface area contributed by atoms with Gasteiger partial charge in [0.25, 0.3) is 5.91 Å². The monoisotopic (exact) mass is 1040 g/mol. The van der Waals surface area contributed by atoms with Crippen LogP contribution in [0, 0.1) is 0 Å². The molecule has 0 bridgehead atoms. The molecule has 4 aliphatic rings. The molecule has 5 heterocycles. The number of hydrogen-bond acceptors (Lipinski definition) is 12. The zero-order chi connectivity index (χ0) is 51.5. The number of halogens is 3. The molecule has 6 amide bonds. The molecule has 4 aliphatic heterocycles. The van der Waals surface area contributed by atoms with Gasteiger partial charge in [-0.1, -0.05) is 41.9 Å². The third kappa shape index (κ3) is 11.9. The molecule has 0 aliphatic carbocycles. The molecule has 4 aromatic rings. The first-order valence-electron chi connectivity index (χ1n) is 23.8. The van der Waals surface area contributed by atoms with Crippen molar-refractivity contribution in [3.63, 3.8) is 0 Å². The molecule has 1 unspecified atom stereocenters. The average Bonchev–Trinajstić information content (AvgIpc) is 3.97. The summed E-state index contributed by atoms with van der Waals surface area (Å²) in [6.07, 6.45) is 2.15. The molecule has 1 aromatic heterocycles. The molecule has 20 nitrogen and oxygen atoms in total. The number of alkyl halides is 2. The number of anilines is 2. The van der Waals surface area contributed by atoms with Gasteiger partial charge in [0.05, 0.1) is 11.7 Å². The van der Waals surface area contributed by atoms with Crippen molar-refractivity contribution in [2.75, 3.05) is 63.1 Å². The summed E-state index contributed by atoms with van der Waals surface area (Å²) in [6.45, 7) is 3.91. The van der Waals surface area contributed by atoms with Crippen LogP contribution in [0.2, 0.25) is 5.02 Å². The first kappa shape index (κ1) is 52.2. The van der Waals surface area contributed by atoms with Crippen LogP contribution in [0.5, 0.6) is 5.75 Å². The maximum atomic E-state index is 14.5. The normalized spacial score (nSPS) is 21.9. The van der Waals surface area contributed by atoms with Gasteiger partial charge in [0.2, 0.25) is 29.5 Å². The third-order valence-electron chi connectivity index (χ3n) is 13.7. The van der Waals surface area contributed by atoms with Gasteiger partial charge in [-0.05, 0) is 87.7 Å². The Kier molecular flexibility index (Phi) is 15.9. The van der Waals surface area contributed by atoms with Crippen molar-refractivity contribution in [1.82, 2.24) is 35.6 Å². The molecule has 24 heteroatoms. The van der Waals surface area contributed by atoms with Crippen molar-refractivity contribution >= 4 is 76.9 Å². The predicted octanol–water partition coefficient (Wildman–Crippen LogP) is 3.21. The van der Waals surface area contributed by atoms with Crippen LogP contribution in [-0.2, 0) is 40.7 Å². The molecule has 72 heavy (non-hydrogen) atoms. The second kappa shape index (κ2) is 21.9. The van der Waals surface area contributed by atoms with E-state index in [2.05, 4.69) is 36.1 Å². The number of H-pyrrole nitrogens is 1. The number of fused-ring (bicyclic) bond motifs is 2. The van der Waals surface area contributed by atoms with Gasteiger partial charge in [-0.15, -0.1) is 0 Å². The van der Waals surface area contributed by atoms with Gasteiger partial charge in [0.15, 0.2) is 0 Å². The molecule has 8 rings (SSSR count). The van der Waals surface area contributed by atoms with E-state index in [9.17, 15) is 51.9 Å². The summed E-state index contributed by atoms with van der Waals surface area (Å²) < 4.78 is 46.7. The Balaban J connectivity index is 0.894. The summed E-state index contributed by atoms with van der Waals surface area (Å²) >= 11 is 7.00. The van der Waals surface area contributed by atoms with E-state index in [0.29, 0.717) is 75.7 Å². The quantitative estimate of drug-likeness (QED) is 0.0558. The van der Waals surface area contributed by atoms with Crippen molar-refractivity contribution < 1.29 is 56.6 Å². The van der Waals surface area contributed by atoms with E-state index in [1.165, 1.54) is 17.0 Å². The Morgan fingerprint density at radius 2 is 1.72 bits per heavy atom. The van der Waals surface area contributed by atoms with Gasteiger partial charge in [-0.25, -0.2) is 0 Å². The van der Waals surface area contributed by atoms with Gasteiger partial charge in [-0.3, -0.25) is 43.5 Å². The van der Waals surface area contributed by atoms with Gasteiger partial charge in [-0.2, -0.15) is 8.78 Å². The lowest BCUT2D eigenvalue weighted by Crippen LogP contribution is -2.60. The highest BCUT2D eigenvalue weighted by Crippen LogP contribution is 2.59. The molecular weight excluding hydrogens is 981 g/mol. The number of carbonyl (C=O) groups excluding carboxylic acids is 6. The topological polar surface area (TPSA) is 272 Å². The fourth-order valence-corrected chi connectivity index (χ4v) is 10.6. The van der Waals surface area contributed by atoms with Gasteiger partial charge in [0.1, 0.15) is 41.2 Å². The smallest absolute Gasteiger partial charge is 0.399 e. The average molecular weight is 1040 g/mol. The van der Waals surface area contributed by atoms with E-state index >= 15 is 0 Å². The van der Waals surface area contributed by atoms with Crippen LogP contribution >= 0.6 is 19.2 Å². The number of imide groups is 1. The molecule has 4 fully saturated rings. The van der Waals surface area contributed by atoms with Crippen LogP contribution in [0.3, 0.4) is 0 Å². The highest BCUT2D eigenvalue weighted by Gasteiger charge is 2.50. The van der Waals surface area contributed by atoms with E-state index in [0.717, 1.165) is 29.1 Å². The SMILES string of the molecule is CN1CC[C@H]2CC[C@@H](C(=O)N[C@@H](CCC(N)=O)COc3cccc(N4CCN(Cc5ccccc5NC5CCC(=O)NC5=O)CC4)c3Cl)N2C(=O)[C@@H](NC(=O)c2cc3cc(C(F)(F)P(=O)(O)O)ccc3[nH]2)C1. The maximum Gasteiger partial charge on any atom is 0.399 e. The van der Waals surface area contributed by atoms with Crippen LogP contribution in [0.4, 0.5) is 20.2 Å². The zero-order valence-electron chi connectivity index (χ0n) is 39.5. The number of hydrogen-bond donors (Lipinski definition) is 8. The van der Waals surface area contributed by atoms with Crippen molar-refractivity contribution in [2.24, 2.45) is 5.73 Å². The van der Waals surface area contributed by atoms with E-state index in [-0.39, 0.29) is 66.9 Å². The van der Waals surface area contributed by atoms with Crippen LogP contribution in [0.15, 0.2) is 66.7 Å². The van der Waals surface area contributed by atoms with Crippen LogP contribution in [0.25, 0.3) is 10.9 Å². The van der Waals surface area contributed by atoms with E-state index in [1.807, 2.05) is 41.3 Å². The van der Waals surface area contributed by atoms with Crippen molar-refractivity contribution in [1.29, 1.82) is 0 Å². The minimum Gasteiger partial charge on any atom is -0.490 e. The first-order valence-corrected chi connectivity index (χ1v) is 25.8. The number of nitrogens with two attached hydrogens (primary N) is 1. The predicted molar refractivity (Wildman–Crippen MR) is 262 cm³/mol. The number of likely N-dealkylation sites (N-methyl/N-ethyl adjacent to an activating group) is 1. The Morgan fingerprint density at radius 1 is 0.958 bits per heavy atom. The lowest BCUT2D eigenvalue weighted by Gasteiger charge is -2.38. The lowest BCUT2D eigenvalue weighted by molar-refractivity contribution is -0.143. The molecule has 4 saturated heterocycles. The van der Waals surface area contributed by atoms with E-state index in [1.54, 1.807) is 13.1 Å². The molecule has 3 aromatic carbocycles. The van der Waals surface area contributed by atoms with Gasteiger partial charge >= 0.3 is 13.3 Å². The first-order chi connectivity index (χ1) is 34.2. The molecule has 386 valence electrons. The van der Waals surface area contributed by atoms with Crippen LogP contribution < -0.4 is 36.6 Å². The second-order valence-corrected chi connectivity index (χ2v) is 20.8. The second-order valence-electron chi connectivity index (χ2n) is 18.8. The summed E-state index contributed by atoms with van der Waals surface area (Å²) in [7, 11) is -4.05. The van der Waals surface area contributed by atoms with Crippen molar-refractivity contribution in [2.45, 2.75) is 87.4 Å². The number of nitrogens with one attached hydrogen (secondary N) is 5. The highest BCUT2D eigenvalue weighted by atomic mass is 35.5. The minimum absolute atomic E-state index is 0.0681. The lowest BCUT2D eigenvalue weighted by atomic mass is 10.0. The fourth-order valence-electron chi connectivity index (χ4n) is 9.80. The number of nitrogens with zero attached hydrogens (tertiary/aromatic N) is 4. The standard InChI is InChI=1S/C48H58ClF2N10O10P/c1-58-18-17-32-11-14-39(61(32)47(67)37(26-58)56-45(65)36-24-29-23-30(9-12-34(29)55-36)48(50,51)72(68,69)70)46(66)53-31(10-15-41(52)62)27-71-40-8-4-7-38(43(40)49)60-21-19-59(20-22-60)25-28-5-2-3-6-33(28)54-35-13-16-42(63)57-44(35)64/h2-9,12,23-24,31-32,35,37,39,54-55H,10-11,13-22,25-27H2,1H3,(H2,52,62)(H,53,66)(H,56,65)(H,57,63,64)(H2,68,69,70)/t31-,32+,35?,37-,39-/m0/s1. The van der Waals surface area contributed by atoms with Gasteiger partial charge < -0.3 is 55.9 Å². The molecule has 0 spiro atoms. The minimum atomic E-state index is -5.85. The number of carbonyl (C=O) groups is 6. The van der Waals surface area contributed by atoms with Crippen LogP contribution in [0.1, 0.15) is 66.6 Å². The highest BCUT2D eigenvalue weighted by molar-refractivity contribution is 7.52. The summed E-state index contributed by atoms with van der Waals surface area (Å²) in [6, 6.07) is 13.8. The zero-order valence-corrected chi connectivity index (χ0v) is 41.1. The number of benzene rings is 3. The number of amides is 6. The largest absolute Gasteiger partial charge is 0.490 e. The van der Waals surface area contributed by atoms with Crippen LogP contribution in [-0.4, -0.2) is 148 Å².